The number of nitrogens with zero attached hydrogens (tertiary/aromatic N) is 4. The van der Waals surface area contributed by atoms with E-state index in [0.29, 0.717) is 18.3 Å². The Labute approximate surface area is 115 Å². The summed E-state index contributed by atoms with van der Waals surface area (Å²) in [5.41, 5.74) is 6.80. The number of nitrogens with two attached hydrogens (primary N) is 1. The Kier molecular flexibility index (Phi) is 4.56. The normalized spacial score (nSPS) is 13.1. The van der Waals surface area contributed by atoms with E-state index in [-0.39, 0.29) is 6.10 Å². The third-order valence-electron chi connectivity index (χ3n) is 2.47. The Bertz CT molecular complexity index is 525. The lowest BCUT2D eigenvalue weighted by Crippen LogP contribution is -2.20. The Morgan fingerprint density at radius 2 is 2.21 bits per heavy atom. The van der Waals surface area contributed by atoms with E-state index in [4.69, 9.17) is 15.0 Å². The van der Waals surface area contributed by atoms with Gasteiger partial charge in [-0.2, -0.15) is 4.98 Å². The zero-order valence-corrected chi connectivity index (χ0v) is 12.0. The molecule has 8 heteroatoms. The van der Waals surface area contributed by atoms with Gasteiger partial charge in [-0.1, -0.05) is 16.6 Å². The molecule has 2 aromatic rings. The Balaban J connectivity index is 2.10. The van der Waals surface area contributed by atoms with E-state index in [1.54, 1.807) is 0 Å². The van der Waals surface area contributed by atoms with Gasteiger partial charge in [-0.05, 0) is 31.8 Å². The summed E-state index contributed by atoms with van der Waals surface area (Å²) in [7, 11) is 0. The Morgan fingerprint density at radius 1 is 1.42 bits per heavy atom. The van der Waals surface area contributed by atoms with Crippen LogP contribution in [0.3, 0.4) is 0 Å². The van der Waals surface area contributed by atoms with Crippen LogP contribution in [0, 0.1) is 0 Å². The SMILES string of the molecule is CCc1nnsc1-c1nc(C(N)COC(C)C)no1. The average Bonchev–Trinajstić information content (AvgIpc) is 3.03. The first-order valence-corrected chi connectivity index (χ1v) is 6.91. The van der Waals surface area contributed by atoms with E-state index in [9.17, 15) is 0 Å². The minimum Gasteiger partial charge on any atom is -0.377 e. The van der Waals surface area contributed by atoms with Crippen LogP contribution in [0.1, 0.15) is 38.3 Å². The summed E-state index contributed by atoms with van der Waals surface area (Å²) < 4.78 is 14.5. The first kappa shape index (κ1) is 14.0. The molecule has 0 fully saturated rings. The van der Waals surface area contributed by atoms with Crippen molar-refractivity contribution in [1.29, 1.82) is 0 Å². The molecule has 0 saturated heterocycles. The molecule has 2 rings (SSSR count). The molecule has 1 atom stereocenters. The van der Waals surface area contributed by atoms with Gasteiger partial charge in [0.1, 0.15) is 4.88 Å². The van der Waals surface area contributed by atoms with Crippen molar-refractivity contribution in [3.05, 3.63) is 11.5 Å². The van der Waals surface area contributed by atoms with Crippen molar-refractivity contribution >= 4 is 11.5 Å². The summed E-state index contributed by atoms with van der Waals surface area (Å²) in [5.74, 6) is 0.855. The van der Waals surface area contributed by atoms with Gasteiger partial charge in [-0.25, -0.2) is 0 Å². The van der Waals surface area contributed by atoms with E-state index in [0.717, 1.165) is 17.0 Å². The first-order chi connectivity index (χ1) is 9.11. The highest BCUT2D eigenvalue weighted by Gasteiger charge is 2.19. The molecule has 19 heavy (non-hydrogen) atoms. The molecule has 0 radical (unpaired) electrons. The second kappa shape index (κ2) is 6.18. The second-order valence-electron chi connectivity index (χ2n) is 4.35. The van der Waals surface area contributed by atoms with Crippen LogP contribution in [0.4, 0.5) is 0 Å². The van der Waals surface area contributed by atoms with Gasteiger partial charge in [0.05, 0.1) is 24.4 Å². The summed E-state index contributed by atoms with van der Waals surface area (Å²) in [6, 6.07) is -0.397. The van der Waals surface area contributed by atoms with Gasteiger partial charge in [-0.15, -0.1) is 5.10 Å². The fourth-order valence-corrected chi connectivity index (χ4v) is 2.12. The molecular weight excluding hydrogens is 266 g/mol. The summed E-state index contributed by atoms with van der Waals surface area (Å²) in [6.45, 7) is 6.26. The Morgan fingerprint density at radius 3 is 2.89 bits per heavy atom. The van der Waals surface area contributed by atoms with Crippen LogP contribution in [0.2, 0.25) is 0 Å². The maximum atomic E-state index is 5.94. The van der Waals surface area contributed by atoms with Crippen LogP contribution in [-0.2, 0) is 11.2 Å². The van der Waals surface area contributed by atoms with Gasteiger partial charge < -0.3 is 15.0 Å². The molecule has 0 spiro atoms. The number of hydrogen-bond donors (Lipinski definition) is 1. The number of aromatic nitrogens is 4. The molecule has 7 nitrogen and oxygen atoms in total. The molecule has 1 unspecified atom stereocenters. The van der Waals surface area contributed by atoms with Crippen LogP contribution in [0.5, 0.6) is 0 Å². The first-order valence-electron chi connectivity index (χ1n) is 6.14. The smallest absolute Gasteiger partial charge is 0.271 e. The van der Waals surface area contributed by atoms with E-state index >= 15 is 0 Å². The van der Waals surface area contributed by atoms with E-state index < -0.39 is 6.04 Å². The van der Waals surface area contributed by atoms with Crippen molar-refractivity contribution in [3.8, 4) is 10.8 Å². The number of aryl methyl sites for hydroxylation is 1. The van der Waals surface area contributed by atoms with Crippen molar-refractivity contribution < 1.29 is 9.26 Å². The zero-order chi connectivity index (χ0) is 13.8. The van der Waals surface area contributed by atoms with Crippen molar-refractivity contribution in [2.24, 2.45) is 5.73 Å². The highest BCUT2D eigenvalue weighted by molar-refractivity contribution is 7.09. The quantitative estimate of drug-likeness (QED) is 0.858. The predicted molar refractivity (Wildman–Crippen MR) is 70.6 cm³/mol. The molecule has 0 bridgehead atoms. The molecule has 0 saturated carbocycles. The third-order valence-corrected chi connectivity index (χ3v) is 3.22. The predicted octanol–water partition coefficient (Wildman–Crippen LogP) is 1.58. The minimum absolute atomic E-state index is 0.120. The molecular formula is C11H17N5O2S. The topological polar surface area (TPSA) is 100.0 Å². The molecule has 2 N–H and O–H groups in total. The molecule has 2 aromatic heterocycles. The van der Waals surface area contributed by atoms with Gasteiger partial charge in [0.2, 0.25) is 0 Å². The zero-order valence-electron chi connectivity index (χ0n) is 11.2. The molecule has 0 aliphatic rings. The number of ether oxygens (including phenoxy) is 1. The molecule has 104 valence electrons. The van der Waals surface area contributed by atoms with Crippen LogP contribution in [0.25, 0.3) is 10.8 Å². The highest BCUT2D eigenvalue weighted by Crippen LogP contribution is 2.25. The molecule has 2 heterocycles. The summed E-state index contributed by atoms with van der Waals surface area (Å²) in [4.78, 5) is 5.09. The monoisotopic (exact) mass is 283 g/mol. The molecule has 0 aliphatic carbocycles. The lowest BCUT2D eigenvalue weighted by atomic mass is 10.3. The van der Waals surface area contributed by atoms with E-state index in [1.165, 1.54) is 11.5 Å². The summed E-state index contributed by atoms with van der Waals surface area (Å²) in [5, 5.41) is 7.89. The summed E-state index contributed by atoms with van der Waals surface area (Å²) >= 11 is 1.24. The van der Waals surface area contributed by atoms with Crippen LogP contribution >= 0.6 is 11.5 Å². The molecule has 0 aromatic carbocycles. The fourth-order valence-electron chi connectivity index (χ4n) is 1.45. The minimum atomic E-state index is -0.397. The second-order valence-corrected chi connectivity index (χ2v) is 5.10. The van der Waals surface area contributed by atoms with Gasteiger partial charge in [0, 0.05) is 0 Å². The van der Waals surface area contributed by atoms with Crippen molar-refractivity contribution in [2.75, 3.05) is 6.61 Å². The third kappa shape index (κ3) is 3.34. The largest absolute Gasteiger partial charge is 0.377 e. The molecule has 0 amide bonds. The van der Waals surface area contributed by atoms with Crippen molar-refractivity contribution in [1.82, 2.24) is 19.7 Å². The maximum Gasteiger partial charge on any atom is 0.271 e. The van der Waals surface area contributed by atoms with Crippen LogP contribution in [0.15, 0.2) is 4.52 Å². The van der Waals surface area contributed by atoms with Gasteiger partial charge in [0.15, 0.2) is 5.82 Å². The van der Waals surface area contributed by atoms with E-state index in [1.807, 2.05) is 20.8 Å². The lowest BCUT2D eigenvalue weighted by molar-refractivity contribution is 0.0665. The van der Waals surface area contributed by atoms with E-state index in [2.05, 4.69) is 19.7 Å². The van der Waals surface area contributed by atoms with Crippen LogP contribution in [-0.4, -0.2) is 32.4 Å². The summed E-state index contributed by atoms with van der Waals surface area (Å²) in [6.07, 6.45) is 0.890. The standard InChI is InChI=1S/C11H17N5O2S/c1-4-8-9(19-16-14-8)11-13-10(15-18-11)7(12)5-17-6(2)3/h6-7H,4-5,12H2,1-3H3. The average molecular weight is 283 g/mol. The van der Waals surface area contributed by atoms with Crippen molar-refractivity contribution in [2.45, 2.75) is 39.3 Å². The van der Waals surface area contributed by atoms with Gasteiger partial charge in [0.25, 0.3) is 5.89 Å². The van der Waals surface area contributed by atoms with Crippen LogP contribution < -0.4 is 5.73 Å². The highest BCUT2D eigenvalue weighted by atomic mass is 32.1. The lowest BCUT2D eigenvalue weighted by Gasteiger charge is -2.10. The number of rotatable bonds is 6. The number of hydrogen-bond acceptors (Lipinski definition) is 8. The van der Waals surface area contributed by atoms with Gasteiger partial charge >= 0.3 is 0 Å². The maximum absolute atomic E-state index is 5.94. The fraction of sp³-hybridized carbons (Fsp3) is 0.636. The molecule has 0 aliphatic heterocycles. The van der Waals surface area contributed by atoms with Gasteiger partial charge in [-0.3, -0.25) is 0 Å². The Hall–Kier alpha value is -1.38. The van der Waals surface area contributed by atoms with Crippen molar-refractivity contribution in [3.63, 3.8) is 0 Å².